The molecule has 1 heterocycles. The molecule has 1 amide bonds. The molecule has 1 aromatic heterocycles. The van der Waals surface area contributed by atoms with Gasteiger partial charge in [-0.05, 0) is 6.92 Å². The van der Waals surface area contributed by atoms with Crippen molar-refractivity contribution in [3.05, 3.63) is 40.8 Å². The molecule has 0 aliphatic rings. The molecule has 0 spiro atoms. The van der Waals surface area contributed by atoms with Crippen LogP contribution in [0.4, 0.5) is 24.7 Å². The van der Waals surface area contributed by atoms with E-state index in [1.807, 2.05) is 5.32 Å². The number of rotatable bonds is 2. The van der Waals surface area contributed by atoms with E-state index in [4.69, 9.17) is 5.73 Å². The second-order valence-electron chi connectivity index (χ2n) is 3.81. The molecule has 0 aliphatic heterocycles. The Morgan fingerprint density at radius 3 is 2.37 bits per heavy atom. The molecule has 2 aromatic rings. The van der Waals surface area contributed by atoms with Gasteiger partial charge in [0.15, 0.2) is 17.5 Å². The Kier molecular flexibility index (Phi) is 3.16. The smallest absolute Gasteiger partial charge is 0.261 e. The maximum atomic E-state index is 13.4. The van der Waals surface area contributed by atoms with E-state index in [2.05, 4.69) is 10.2 Å². The Morgan fingerprint density at radius 1 is 1.32 bits per heavy atom. The lowest BCUT2D eigenvalue weighted by Crippen LogP contribution is -2.16. The highest BCUT2D eigenvalue weighted by atomic mass is 19.1. The molecule has 5 nitrogen and oxygen atoms in total. The minimum absolute atomic E-state index is 0.0249. The fraction of sp³-hybridized carbons (Fsp3) is 0.0909. The number of aromatic nitrogens is 2. The maximum absolute atomic E-state index is 13.4. The molecule has 0 aliphatic carbocycles. The Morgan fingerprint density at radius 2 is 1.89 bits per heavy atom. The van der Waals surface area contributed by atoms with E-state index >= 15 is 0 Å². The number of benzene rings is 1. The number of carbonyl (C=O) groups is 1. The van der Waals surface area contributed by atoms with Crippen molar-refractivity contribution >= 4 is 17.4 Å². The molecular formula is C11H9F3N4O. The van der Waals surface area contributed by atoms with E-state index in [1.54, 1.807) is 0 Å². The summed E-state index contributed by atoms with van der Waals surface area (Å²) in [5, 5.41) is 8.04. The highest BCUT2D eigenvalue weighted by Gasteiger charge is 2.20. The number of H-pyrrole nitrogens is 1. The molecule has 8 heteroatoms. The molecule has 0 atom stereocenters. The molecule has 1 aromatic carbocycles. The van der Waals surface area contributed by atoms with Gasteiger partial charge in [0, 0.05) is 17.8 Å². The van der Waals surface area contributed by atoms with Crippen molar-refractivity contribution in [2.24, 2.45) is 0 Å². The van der Waals surface area contributed by atoms with E-state index in [1.165, 1.54) is 6.92 Å². The molecule has 0 saturated carbocycles. The average Bonchev–Trinajstić information content (AvgIpc) is 2.63. The first-order valence-corrected chi connectivity index (χ1v) is 5.16. The van der Waals surface area contributed by atoms with Crippen LogP contribution < -0.4 is 11.1 Å². The first-order chi connectivity index (χ1) is 8.90. The van der Waals surface area contributed by atoms with Crippen LogP contribution in [-0.4, -0.2) is 16.1 Å². The van der Waals surface area contributed by atoms with Crippen molar-refractivity contribution in [3.63, 3.8) is 0 Å². The van der Waals surface area contributed by atoms with Gasteiger partial charge in [0.05, 0.1) is 0 Å². The predicted molar refractivity (Wildman–Crippen MR) is 62.0 cm³/mol. The Labute approximate surface area is 105 Å². The summed E-state index contributed by atoms with van der Waals surface area (Å²) in [4.78, 5) is 11.8. The minimum Gasteiger partial charge on any atom is -0.382 e. The SMILES string of the molecule is Cc1[nH]nc(N)c1C(=O)Nc1c(F)cc(F)cc1F. The van der Waals surface area contributed by atoms with Crippen molar-refractivity contribution in [1.29, 1.82) is 0 Å². The van der Waals surface area contributed by atoms with Crippen molar-refractivity contribution < 1.29 is 18.0 Å². The number of anilines is 2. The highest BCUT2D eigenvalue weighted by Crippen LogP contribution is 2.22. The van der Waals surface area contributed by atoms with Gasteiger partial charge < -0.3 is 11.1 Å². The molecule has 0 bridgehead atoms. The summed E-state index contributed by atoms with van der Waals surface area (Å²) in [6, 6.07) is 0.925. The zero-order chi connectivity index (χ0) is 14.2. The van der Waals surface area contributed by atoms with Crippen LogP contribution in [0.5, 0.6) is 0 Å². The Bertz CT molecular complexity index is 611. The second kappa shape index (κ2) is 4.63. The summed E-state index contributed by atoms with van der Waals surface area (Å²) in [5.74, 6) is -4.45. The summed E-state index contributed by atoms with van der Waals surface area (Å²) in [6.07, 6.45) is 0. The fourth-order valence-electron chi connectivity index (χ4n) is 1.57. The van der Waals surface area contributed by atoms with Gasteiger partial charge in [0.2, 0.25) is 0 Å². The van der Waals surface area contributed by atoms with Crippen LogP contribution in [0.25, 0.3) is 0 Å². The topological polar surface area (TPSA) is 83.8 Å². The van der Waals surface area contributed by atoms with Crippen molar-refractivity contribution in [1.82, 2.24) is 10.2 Å². The largest absolute Gasteiger partial charge is 0.382 e. The Hall–Kier alpha value is -2.51. The summed E-state index contributed by atoms with van der Waals surface area (Å²) in [5.41, 5.74) is 5.02. The first-order valence-electron chi connectivity index (χ1n) is 5.16. The molecule has 0 fully saturated rings. The number of carbonyl (C=O) groups excluding carboxylic acids is 1. The van der Waals surface area contributed by atoms with E-state index < -0.39 is 29.0 Å². The normalized spacial score (nSPS) is 10.5. The summed E-state index contributed by atoms with van der Waals surface area (Å²) < 4.78 is 39.4. The lowest BCUT2D eigenvalue weighted by molar-refractivity contribution is 0.102. The standard InChI is InChI=1S/C11H9F3N4O/c1-4-8(10(15)18-17-4)11(19)16-9-6(13)2-5(12)3-7(9)14/h2-3H,1H3,(H,16,19)(H3,15,17,18). The van der Waals surface area contributed by atoms with Crippen LogP contribution in [0.2, 0.25) is 0 Å². The third-order valence-corrected chi connectivity index (χ3v) is 2.45. The quantitative estimate of drug-likeness (QED) is 0.780. The lowest BCUT2D eigenvalue weighted by atomic mass is 10.2. The first kappa shape index (κ1) is 12.9. The van der Waals surface area contributed by atoms with Gasteiger partial charge in [-0.15, -0.1) is 0 Å². The number of nitrogens with one attached hydrogen (secondary N) is 2. The molecule has 0 unspecified atom stereocenters. The molecule has 100 valence electrons. The van der Waals surface area contributed by atoms with Gasteiger partial charge in [-0.2, -0.15) is 5.10 Å². The van der Waals surface area contributed by atoms with Gasteiger partial charge in [0.1, 0.15) is 17.1 Å². The fourth-order valence-corrected chi connectivity index (χ4v) is 1.57. The number of nitrogens with two attached hydrogens (primary N) is 1. The van der Waals surface area contributed by atoms with Crippen molar-refractivity contribution in [2.75, 3.05) is 11.1 Å². The monoisotopic (exact) mass is 270 g/mol. The third kappa shape index (κ3) is 2.37. The number of hydrogen-bond donors (Lipinski definition) is 3. The average molecular weight is 270 g/mol. The number of amides is 1. The summed E-state index contributed by atoms with van der Waals surface area (Å²) in [7, 11) is 0. The maximum Gasteiger partial charge on any atom is 0.261 e. The number of nitrogen functional groups attached to an aromatic ring is 1. The van der Waals surface area contributed by atoms with Gasteiger partial charge in [0.25, 0.3) is 5.91 Å². The number of aromatic amines is 1. The summed E-state index contributed by atoms with van der Waals surface area (Å²) >= 11 is 0. The van der Waals surface area contributed by atoms with Crippen LogP contribution in [-0.2, 0) is 0 Å². The van der Waals surface area contributed by atoms with Crippen LogP contribution >= 0.6 is 0 Å². The molecule has 0 saturated heterocycles. The van der Waals surface area contributed by atoms with E-state index in [9.17, 15) is 18.0 Å². The van der Waals surface area contributed by atoms with Gasteiger partial charge in [-0.25, -0.2) is 13.2 Å². The van der Waals surface area contributed by atoms with Crippen LogP contribution in [0.3, 0.4) is 0 Å². The Balaban J connectivity index is 2.35. The lowest BCUT2D eigenvalue weighted by Gasteiger charge is -2.07. The third-order valence-electron chi connectivity index (χ3n) is 2.45. The van der Waals surface area contributed by atoms with Crippen LogP contribution in [0.15, 0.2) is 12.1 Å². The molecular weight excluding hydrogens is 261 g/mol. The van der Waals surface area contributed by atoms with Crippen molar-refractivity contribution in [2.45, 2.75) is 6.92 Å². The zero-order valence-electron chi connectivity index (χ0n) is 9.72. The predicted octanol–water partition coefficient (Wildman–Crippen LogP) is 1.97. The van der Waals surface area contributed by atoms with Gasteiger partial charge in [-0.1, -0.05) is 0 Å². The van der Waals surface area contributed by atoms with E-state index in [0.717, 1.165) is 0 Å². The number of hydrogen-bond acceptors (Lipinski definition) is 3. The number of halogens is 3. The van der Waals surface area contributed by atoms with E-state index in [0.29, 0.717) is 17.8 Å². The summed E-state index contributed by atoms with van der Waals surface area (Å²) in [6.45, 7) is 1.52. The van der Waals surface area contributed by atoms with Gasteiger partial charge >= 0.3 is 0 Å². The van der Waals surface area contributed by atoms with Gasteiger partial charge in [-0.3, -0.25) is 9.89 Å². The van der Waals surface area contributed by atoms with Crippen LogP contribution in [0.1, 0.15) is 16.1 Å². The van der Waals surface area contributed by atoms with Crippen LogP contribution in [0, 0.1) is 24.4 Å². The second-order valence-corrected chi connectivity index (χ2v) is 3.81. The zero-order valence-corrected chi connectivity index (χ0v) is 9.72. The molecule has 2 rings (SSSR count). The molecule has 0 radical (unpaired) electrons. The molecule has 19 heavy (non-hydrogen) atoms. The highest BCUT2D eigenvalue weighted by molar-refractivity contribution is 6.08. The van der Waals surface area contributed by atoms with E-state index in [-0.39, 0.29) is 11.4 Å². The van der Waals surface area contributed by atoms with Crippen molar-refractivity contribution in [3.8, 4) is 0 Å². The minimum atomic E-state index is -1.22. The molecule has 4 N–H and O–H groups in total. The number of nitrogens with zero attached hydrogens (tertiary/aromatic N) is 1. The number of aryl methyl sites for hydroxylation is 1.